The fourth-order valence-electron chi connectivity index (χ4n) is 2.23. The summed E-state index contributed by atoms with van der Waals surface area (Å²) >= 11 is 0. The van der Waals surface area contributed by atoms with E-state index >= 15 is 0 Å². The van der Waals surface area contributed by atoms with Gasteiger partial charge in [-0.3, -0.25) is 14.6 Å². The van der Waals surface area contributed by atoms with Gasteiger partial charge in [0.1, 0.15) is 18.8 Å². The predicted octanol–water partition coefficient (Wildman–Crippen LogP) is 4.22. The summed E-state index contributed by atoms with van der Waals surface area (Å²) in [4.78, 5) is 27.2. The number of hydrogen-bond donors (Lipinski definition) is 0. The molecule has 1 aromatic rings. The summed E-state index contributed by atoms with van der Waals surface area (Å²) in [6, 6.07) is 3.62. The molecule has 0 amide bonds. The molecule has 0 spiro atoms. The molecule has 122 valence electrons. The summed E-state index contributed by atoms with van der Waals surface area (Å²) in [5.74, 6) is -0.471. The lowest BCUT2D eigenvalue weighted by atomic mass is 10.1. The first kappa shape index (κ1) is 18.3. The van der Waals surface area contributed by atoms with E-state index in [9.17, 15) is 9.59 Å². The Labute approximate surface area is 133 Å². The molecule has 1 rings (SSSR count). The van der Waals surface area contributed by atoms with E-state index in [0.29, 0.717) is 6.42 Å². The Bertz CT molecular complexity index is 431. The summed E-state index contributed by atoms with van der Waals surface area (Å²) in [7, 11) is 0. The highest BCUT2D eigenvalue weighted by molar-refractivity contribution is 5.95. The Kier molecular flexibility index (Phi) is 9.92. The Morgan fingerprint density at radius 3 is 2.50 bits per heavy atom. The number of ketones is 1. The van der Waals surface area contributed by atoms with Gasteiger partial charge in [-0.1, -0.05) is 51.5 Å². The lowest BCUT2D eigenvalue weighted by molar-refractivity contribution is -0.147. The van der Waals surface area contributed by atoms with E-state index in [4.69, 9.17) is 4.74 Å². The maximum atomic E-state index is 11.7. The Hall–Kier alpha value is -1.71. The summed E-state index contributed by atoms with van der Waals surface area (Å²) in [6.07, 6.45) is 11.9. The first-order valence-electron chi connectivity index (χ1n) is 8.28. The number of hydrogen-bond acceptors (Lipinski definition) is 4. The predicted molar refractivity (Wildman–Crippen MR) is 86.3 cm³/mol. The van der Waals surface area contributed by atoms with Crippen LogP contribution in [0.25, 0.3) is 0 Å². The lowest BCUT2D eigenvalue weighted by Gasteiger charge is -2.04. The number of rotatable bonds is 12. The average Bonchev–Trinajstić information content (AvgIpc) is 2.53. The molecule has 1 aromatic heterocycles. The van der Waals surface area contributed by atoms with E-state index in [0.717, 1.165) is 18.4 Å². The van der Waals surface area contributed by atoms with Gasteiger partial charge < -0.3 is 4.74 Å². The molecule has 0 aliphatic rings. The third-order valence-electron chi connectivity index (χ3n) is 3.52. The number of nitrogens with zero attached hydrogens (tertiary/aromatic N) is 1. The molecule has 0 saturated carbocycles. The van der Waals surface area contributed by atoms with Crippen molar-refractivity contribution in [3.05, 3.63) is 30.1 Å². The van der Waals surface area contributed by atoms with Gasteiger partial charge in [0.25, 0.3) is 0 Å². The molecule has 0 N–H and O–H groups in total. The van der Waals surface area contributed by atoms with Crippen molar-refractivity contribution in [2.45, 2.75) is 71.3 Å². The molecule has 0 atom stereocenters. The fourth-order valence-corrected chi connectivity index (χ4v) is 2.23. The highest BCUT2D eigenvalue weighted by Crippen LogP contribution is 2.09. The molecule has 0 aliphatic heterocycles. The number of carbonyl (C=O) groups is 2. The van der Waals surface area contributed by atoms with E-state index in [2.05, 4.69) is 11.9 Å². The third-order valence-corrected chi connectivity index (χ3v) is 3.52. The van der Waals surface area contributed by atoms with Crippen LogP contribution in [0.15, 0.2) is 24.5 Å². The third kappa shape index (κ3) is 9.27. The minimum Gasteiger partial charge on any atom is -0.460 e. The Morgan fingerprint density at radius 2 is 1.82 bits per heavy atom. The smallest absolute Gasteiger partial charge is 0.313 e. The molecular formula is C18H27NO3. The minimum atomic E-state index is -0.447. The average molecular weight is 305 g/mol. The molecule has 0 unspecified atom stereocenters. The highest BCUT2D eigenvalue weighted by atomic mass is 16.5. The van der Waals surface area contributed by atoms with Crippen molar-refractivity contribution in [1.82, 2.24) is 4.98 Å². The van der Waals surface area contributed by atoms with Gasteiger partial charge in [-0.25, -0.2) is 0 Å². The number of carbonyl (C=O) groups excluding carboxylic acids is 2. The van der Waals surface area contributed by atoms with Gasteiger partial charge in [0.15, 0.2) is 0 Å². The van der Waals surface area contributed by atoms with Crippen LogP contribution in [0, 0.1) is 0 Å². The standard InChI is InChI=1S/C18H27NO3/c1-2-3-4-5-6-7-8-11-17(20)13-18(21)22-15-16-10-9-12-19-14-16/h9-10,12,14H,2-8,11,13,15H2,1H3. The van der Waals surface area contributed by atoms with E-state index in [1.807, 2.05) is 6.07 Å². The molecule has 0 radical (unpaired) electrons. The zero-order chi connectivity index (χ0) is 16.0. The van der Waals surface area contributed by atoms with Gasteiger partial charge in [-0.2, -0.15) is 0 Å². The van der Waals surface area contributed by atoms with E-state index in [1.165, 1.54) is 32.1 Å². The van der Waals surface area contributed by atoms with Crippen LogP contribution in [0.4, 0.5) is 0 Å². The van der Waals surface area contributed by atoms with Crippen LogP contribution in [0.1, 0.15) is 70.3 Å². The monoisotopic (exact) mass is 305 g/mol. The van der Waals surface area contributed by atoms with Crippen LogP contribution in [-0.4, -0.2) is 16.7 Å². The van der Waals surface area contributed by atoms with Crippen molar-refractivity contribution in [2.24, 2.45) is 0 Å². The van der Waals surface area contributed by atoms with Crippen LogP contribution >= 0.6 is 0 Å². The molecule has 1 heterocycles. The summed E-state index contributed by atoms with van der Waals surface area (Å²) < 4.78 is 5.07. The van der Waals surface area contributed by atoms with E-state index in [-0.39, 0.29) is 18.8 Å². The summed E-state index contributed by atoms with van der Waals surface area (Å²) in [6.45, 7) is 2.38. The molecule has 0 fully saturated rings. The first-order chi connectivity index (χ1) is 10.7. The largest absolute Gasteiger partial charge is 0.460 e. The quantitative estimate of drug-likeness (QED) is 0.329. The molecule has 0 aliphatic carbocycles. The molecule has 22 heavy (non-hydrogen) atoms. The van der Waals surface area contributed by atoms with Gasteiger partial charge >= 0.3 is 5.97 Å². The summed E-state index contributed by atoms with van der Waals surface area (Å²) in [5, 5.41) is 0. The molecule has 4 heteroatoms. The van der Waals surface area contributed by atoms with Crippen molar-refractivity contribution >= 4 is 11.8 Å². The van der Waals surface area contributed by atoms with Crippen molar-refractivity contribution < 1.29 is 14.3 Å². The summed E-state index contributed by atoms with van der Waals surface area (Å²) in [5.41, 5.74) is 0.829. The number of aromatic nitrogens is 1. The van der Waals surface area contributed by atoms with Gasteiger partial charge in [-0.15, -0.1) is 0 Å². The van der Waals surface area contributed by atoms with Gasteiger partial charge in [-0.05, 0) is 12.5 Å². The van der Waals surface area contributed by atoms with Crippen LogP contribution in [0.5, 0.6) is 0 Å². The Morgan fingerprint density at radius 1 is 1.09 bits per heavy atom. The van der Waals surface area contributed by atoms with E-state index < -0.39 is 5.97 Å². The van der Waals surface area contributed by atoms with Crippen molar-refractivity contribution in [1.29, 1.82) is 0 Å². The topological polar surface area (TPSA) is 56.3 Å². The molecule has 0 saturated heterocycles. The Balaban J connectivity index is 2.03. The zero-order valence-electron chi connectivity index (χ0n) is 13.6. The zero-order valence-corrected chi connectivity index (χ0v) is 13.6. The molecule has 0 aromatic carbocycles. The van der Waals surface area contributed by atoms with Crippen LogP contribution < -0.4 is 0 Å². The van der Waals surface area contributed by atoms with Gasteiger partial charge in [0.05, 0.1) is 0 Å². The molecule has 4 nitrogen and oxygen atoms in total. The van der Waals surface area contributed by atoms with Crippen LogP contribution in [-0.2, 0) is 20.9 Å². The number of unbranched alkanes of at least 4 members (excludes halogenated alkanes) is 6. The van der Waals surface area contributed by atoms with Crippen LogP contribution in [0.3, 0.4) is 0 Å². The maximum absolute atomic E-state index is 11.7. The fraction of sp³-hybridized carbons (Fsp3) is 0.611. The molecular weight excluding hydrogens is 278 g/mol. The second-order valence-corrected chi connectivity index (χ2v) is 5.61. The van der Waals surface area contributed by atoms with Crippen molar-refractivity contribution in [3.8, 4) is 0 Å². The second kappa shape index (κ2) is 11.9. The second-order valence-electron chi connectivity index (χ2n) is 5.61. The normalized spacial score (nSPS) is 10.4. The lowest BCUT2D eigenvalue weighted by Crippen LogP contribution is -2.11. The number of pyridine rings is 1. The van der Waals surface area contributed by atoms with E-state index in [1.54, 1.807) is 18.5 Å². The highest BCUT2D eigenvalue weighted by Gasteiger charge is 2.10. The van der Waals surface area contributed by atoms with Gasteiger partial charge in [0.2, 0.25) is 0 Å². The number of Topliss-reactive ketones (excluding diaryl/α,β-unsaturated/α-hetero) is 1. The number of esters is 1. The SMILES string of the molecule is CCCCCCCCCC(=O)CC(=O)OCc1cccnc1. The first-order valence-corrected chi connectivity index (χ1v) is 8.28. The molecule has 0 bridgehead atoms. The number of ether oxygens (including phenoxy) is 1. The van der Waals surface area contributed by atoms with Gasteiger partial charge in [0, 0.05) is 24.4 Å². The van der Waals surface area contributed by atoms with Crippen molar-refractivity contribution in [2.75, 3.05) is 0 Å². The van der Waals surface area contributed by atoms with Crippen LogP contribution in [0.2, 0.25) is 0 Å². The minimum absolute atomic E-state index is 0.0234. The maximum Gasteiger partial charge on any atom is 0.313 e. The van der Waals surface area contributed by atoms with Crippen molar-refractivity contribution in [3.63, 3.8) is 0 Å².